The summed E-state index contributed by atoms with van der Waals surface area (Å²) in [5.74, 6) is 1.52. The zero-order valence-corrected chi connectivity index (χ0v) is 23.5. The summed E-state index contributed by atoms with van der Waals surface area (Å²) in [6, 6.07) is 12.8. The van der Waals surface area contributed by atoms with E-state index >= 15 is 0 Å². The van der Waals surface area contributed by atoms with Gasteiger partial charge in [-0.1, -0.05) is 25.1 Å². The molecule has 8 heteroatoms. The molecule has 198 valence electrons. The van der Waals surface area contributed by atoms with E-state index in [1.807, 2.05) is 23.2 Å². The van der Waals surface area contributed by atoms with E-state index < -0.39 is 0 Å². The van der Waals surface area contributed by atoms with Gasteiger partial charge in [-0.2, -0.15) is 10.2 Å². The summed E-state index contributed by atoms with van der Waals surface area (Å²) in [6.07, 6.45) is 2.48. The number of ketones is 1. The van der Waals surface area contributed by atoms with Crippen LogP contribution < -0.4 is 0 Å². The summed E-state index contributed by atoms with van der Waals surface area (Å²) in [4.78, 5) is 18.3. The van der Waals surface area contributed by atoms with Crippen molar-refractivity contribution in [3.63, 3.8) is 0 Å². The number of thioether (sulfide) groups is 1. The standard InChI is InChI=1S/C30H34FN5OS/c1-6-27(26(37)16-22-7-9-24(31)10-8-22)38-29-17-23-13-18(2)19(3)14-25(23)30-32-28(34-36(29)30)11-12-35-21(5)15-20(4)33-35/h7-10,13-15,27,29H,6,11-12,16-17H2,1-5H3. The second kappa shape index (κ2) is 10.8. The minimum Gasteiger partial charge on any atom is -0.298 e. The smallest absolute Gasteiger partial charge is 0.159 e. The molecule has 5 rings (SSSR count). The third-order valence-corrected chi connectivity index (χ3v) is 8.90. The number of nitrogens with zero attached hydrogens (tertiary/aromatic N) is 5. The van der Waals surface area contributed by atoms with E-state index in [1.165, 1.54) is 28.8 Å². The molecular formula is C30H34FN5OS. The molecule has 2 aromatic heterocycles. The number of hydrogen-bond acceptors (Lipinski definition) is 5. The van der Waals surface area contributed by atoms with Gasteiger partial charge in [0.05, 0.1) is 10.9 Å². The number of carbonyl (C=O) groups is 1. The van der Waals surface area contributed by atoms with Crippen molar-refractivity contribution in [2.24, 2.45) is 0 Å². The first-order valence-corrected chi connectivity index (χ1v) is 14.2. The van der Waals surface area contributed by atoms with Crippen LogP contribution in [0.2, 0.25) is 0 Å². The number of fused-ring (bicyclic) bond motifs is 3. The minimum atomic E-state index is -0.290. The average molecular weight is 532 g/mol. The molecule has 3 heterocycles. The van der Waals surface area contributed by atoms with Crippen LogP contribution in [0.15, 0.2) is 42.5 Å². The quantitative estimate of drug-likeness (QED) is 0.260. The Morgan fingerprint density at radius 3 is 2.50 bits per heavy atom. The molecule has 0 aliphatic carbocycles. The van der Waals surface area contributed by atoms with Crippen molar-refractivity contribution >= 4 is 17.5 Å². The van der Waals surface area contributed by atoms with E-state index in [-0.39, 0.29) is 22.2 Å². The second-order valence-electron chi connectivity index (χ2n) is 10.3. The van der Waals surface area contributed by atoms with Crippen molar-refractivity contribution in [3.05, 3.63) is 87.7 Å². The molecule has 1 aliphatic heterocycles. The molecule has 0 saturated heterocycles. The number of Topliss-reactive ketones (excluding diaryl/α,β-unsaturated/α-hetero) is 1. The highest BCUT2D eigenvalue weighted by Gasteiger charge is 2.32. The van der Waals surface area contributed by atoms with E-state index in [4.69, 9.17) is 10.1 Å². The van der Waals surface area contributed by atoms with Crippen molar-refractivity contribution in [1.29, 1.82) is 0 Å². The molecule has 0 amide bonds. The van der Waals surface area contributed by atoms with Gasteiger partial charge in [-0.15, -0.1) is 11.8 Å². The Morgan fingerprint density at radius 2 is 1.82 bits per heavy atom. The summed E-state index contributed by atoms with van der Waals surface area (Å²) in [6.45, 7) is 11.1. The van der Waals surface area contributed by atoms with Crippen LogP contribution in [-0.4, -0.2) is 35.6 Å². The molecule has 2 unspecified atom stereocenters. The summed E-state index contributed by atoms with van der Waals surface area (Å²) in [7, 11) is 0. The fourth-order valence-corrected chi connectivity index (χ4v) is 6.45. The zero-order valence-electron chi connectivity index (χ0n) is 22.7. The van der Waals surface area contributed by atoms with Crippen LogP contribution >= 0.6 is 11.8 Å². The molecule has 0 radical (unpaired) electrons. The first-order chi connectivity index (χ1) is 18.2. The van der Waals surface area contributed by atoms with Gasteiger partial charge in [0.15, 0.2) is 11.6 Å². The van der Waals surface area contributed by atoms with E-state index in [1.54, 1.807) is 23.9 Å². The molecule has 0 fully saturated rings. The number of aryl methyl sites for hydroxylation is 6. The molecule has 38 heavy (non-hydrogen) atoms. The molecule has 2 aromatic carbocycles. The largest absolute Gasteiger partial charge is 0.298 e. The van der Waals surface area contributed by atoms with Crippen molar-refractivity contribution in [1.82, 2.24) is 24.5 Å². The lowest BCUT2D eigenvalue weighted by Gasteiger charge is -2.28. The Morgan fingerprint density at radius 1 is 1.08 bits per heavy atom. The lowest BCUT2D eigenvalue weighted by Crippen LogP contribution is -2.25. The number of benzene rings is 2. The Balaban J connectivity index is 1.41. The number of rotatable bonds is 9. The Hall–Kier alpha value is -3.26. The second-order valence-corrected chi connectivity index (χ2v) is 11.6. The Kier molecular flexibility index (Phi) is 7.52. The molecule has 2 atom stereocenters. The van der Waals surface area contributed by atoms with Crippen molar-refractivity contribution < 1.29 is 9.18 Å². The van der Waals surface area contributed by atoms with Crippen LogP contribution in [-0.2, 0) is 30.6 Å². The van der Waals surface area contributed by atoms with Crippen molar-refractivity contribution in [3.8, 4) is 11.4 Å². The highest BCUT2D eigenvalue weighted by Crippen LogP contribution is 2.42. The SMILES string of the molecule is CCC(SC1Cc2cc(C)c(C)cc2-c2nc(CCn3nc(C)cc3C)nn21)C(=O)Cc1ccc(F)cc1. The summed E-state index contributed by atoms with van der Waals surface area (Å²) < 4.78 is 17.4. The van der Waals surface area contributed by atoms with Gasteiger partial charge < -0.3 is 0 Å². The Labute approximate surface area is 227 Å². The third-order valence-electron chi connectivity index (χ3n) is 7.30. The van der Waals surface area contributed by atoms with Gasteiger partial charge in [-0.05, 0) is 80.6 Å². The number of carbonyl (C=O) groups excluding carboxylic acids is 1. The van der Waals surface area contributed by atoms with E-state index in [9.17, 15) is 9.18 Å². The molecular weight excluding hydrogens is 497 g/mol. The van der Waals surface area contributed by atoms with E-state index in [0.717, 1.165) is 47.0 Å². The Bertz CT molecular complexity index is 1470. The first-order valence-electron chi connectivity index (χ1n) is 13.2. The summed E-state index contributed by atoms with van der Waals surface area (Å²) in [5, 5.41) is 9.33. The summed E-state index contributed by atoms with van der Waals surface area (Å²) in [5.41, 5.74) is 7.83. The van der Waals surface area contributed by atoms with Crippen LogP contribution in [0.25, 0.3) is 11.4 Å². The first kappa shape index (κ1) is 26.4. The summed E-state index contributed by atoms with van der Waals surface area (Å²) >= 11 is 1.67. The molecule has 0 saturated carbocycles. The fourth-order valence-electron chi connectivity index (χ4n) is 5.11. The number of halogens is 1. The van der Waals surface area contributed by atoms with Gasteiger partial charge in [-0.25, -0.2) is 14.1 Å². The minimum absolute atomic E-state index is 0.0309. The van der Waals surface area contributed by atoms with E-state index in [2.05, 4.69) is 44.1 Å². The van der Waals surface area contributed by atoms with Crippen LogP contribution in [0, 0.1) is 33.5 Å². The maximum atomic E-state index is 13.3. The van der Waals surface area contributed by atoms with Gasteiger partial charge >= 0.3 is 0 Å². The number of hydrogen-bond donors (Lipinski definition) is 0. The molecule has 0 spiro atoms. The molecule has 1 aliphatic rings. The molecule has 0 N–H and O–H groups in total. The van der Waals surface area contributed by atoms with Gasteiger partial charge in [0.2, 0.25) is 0 Å². The normalized spacial score (nSPS) is 15.3. The van der Waals surface area contributed by atoms with Crippen molar-refractivity contribution in [2.45, 2.75) is 77.5 Å². The topological polar surface area (TPSA) is 65.6 Å². The highest BCUT2D eigenvalue weighted by molar-refractivity contribution is 8.00. The third kappa shape index (κ3) is 5.46. The van der Waals surface area contributed by atoms with Crippen LogP contribution in [0.5, 0.6) is 0 Å². The fraction of sp³-hybridized carbons (Fsp3) is 0.400. The number of aromatic nitrogens is 5. The van der Waals surface area contributed by atoms with Crippen LogP contribution in [0.1, 0.15) is 58.2 Å². The molecule has 4 aromatic rings. The zero-order chi connectivity index (χ0) is 27.0. The van der Waals surface area contributed by atoms with Crippen LogP contribution in [0.3, 0.4) is 0 Å². The predicted octanol–water partition coefficient (Wildman–Crippen LogP) is 6.14. The average Bonchev–Trinajstić information content (AvgIpc) is 3.46. The highest BCUT2D eigenvalue weighted by atomic mass is 32.2. The maximum Gasteiger partial charge on any atom is 0.159 e. The molecule has 6 nitrogen and oxygen atoms in total. The van der Waals surface area contributed by atoms with Gasteiger partial charge in [0, 0.05) is 37.1 Å². The van der Waals surface area contributed by atoms with Crippen LogP contribution in [0.4, 0.5) is 4.39 Å². The lowest BCUT2D eigenvalue weighted by atomic mass is 9.95. The van der Waals surface area contributed by atoms with Gasteiger partial charge in [-0.3, -0.25) is 9.48 Å². The lowest BCUT2D eigenvalue weighted by molar-refractivity contribution is -0.118. The molecule has 0 bridgehead atoms. The van der Waals surface area contributed by atoms with E-state index in [0.29, 0.717) is 19.4 Å². The van der Waals surface area contributed by atoms with Gasteiger partial charge in [0.1, 0.15) is 17.0 Å². The monoisotopic (exact) mass is 531 g/mol. The van der Waals surface area contributed by atoms with Crippen molar-refractivity contribution in [2.75, 3.05) is 0 Å². The maximum absolute atomic E-state index is 13.3. The van der Waals surface area contributed by atoms with Gasteiger partial charge in [0.25, 0.3) is 0 Å². The predicted molar refractivity (Wildman–Crippen MR) is 150 cm³/mol.